The van der Waals surface area contributed by atoms with E-state index in [0.717, 1.165) is 11.1 Å². The Morgan fingerprint density at radius 1 is 0.878 bits per heavy atom. The Hall–Kier alpha value is -3.67. The summed E-state index contributed by atoms with van der Waals surface area (Å²) in [6, 6.07) is 29.4. The van der Waals surface area contributed by atoms with Gasteiger partial charge >= 0.3 is 5.97 Å². The number of hydrogen-bond donors (Lipinski definition) is 3. The molecule has 0 spiro atoms. The molecule has 0 bridgehead atoms. The lowest BCUT2D eigenvalue weighted by atomic mass is 10.0. The molecule has 0 aliphatic carbocycles. The molecule has 1 heterocycles. The van der Waals surface area contributed by atoms with Crippen LogP contribution in [0, 0.1) is 0 Å². The van der Waals surface area contributed by atoms with E-state index >= 15 is 0 Å². The van der Waals surface area contributed by atoms with Crippen molar-refractivity contribution in [3.63, 3.8) is 0 Å². The summed E-state index contributed by atoms with van der Waals surface area (Å²) in [6.45, 7) is -0.0640. The van der Waals surface area contributed by atoms with Crippen LogP contribution < -0.4 is 4.72 Å². The highest BCUT2D eigenvalue weighted by Gasteiger charge is 2.32. The van der Waals surface area contributed by atoms with Gasteiger partial charge in [-0.2, -0.15) is 0 Å². The number of anilines is 1. The number of rotatable bonds is 10. The van der Waals surface area contributed by atoms with E-state index < -0.39 is 22.3 Å². The normalized spacial score (nSPS) is 19.0. The first kappa shape index (κ1) is 28.8. The minimum absolute atomic E-state index is 0.0640. The highest BCUT2D eigenvalue weighted by Crippen LogP contribution is 2.40. The molecule has 1 fully saturated rings. The minimum Gasteiger partial charge on any atom is -0.478 e. The van der Waals surface area contributed by atoms with Gasteiger partial charge < -0.3 is 19.7 Å². The molecule has 5 rings (SSSR count). The van der Waals surface area contributed by atoms with Crippen molar-refractivity contribution in [1.29, 1.82) is 0 Å². The molecule has 0 amide bonds. The Balaban J connectivity index is 1.39. The third kappa shape index (κ3) is 7.16. The quantitative estimate of drug-likeness (QED) is 0.192. The molecule has 41 heavy (non-hydrogen) atoms. The molecule has 1 saturated heterocycles. The van der Waals surface area contributed by atoms with Gasteiger partial charge in [-0.1, -0.05) is 66.7 Å². The lowest BCUT2D eigenvalue weighted by Gasteiger charge is -2.36. The molecule has 0 aromatic heterocycles. The van der Waals surface area contributed by atoms with E-state index in [4.69, 9.17) is 9.47 Å². The van der Waals surface area contributed by atoms with Gasteiger partial charge in [-0.05, 0) is 47.5 Å². The number of thioether (sulfide) groups is 1. The second-order valence-corrected chi connectivity index (χ2v) is 12.3. The zero-order valence-corrected chi connectivity index (χ0v) is 23.6. The van der Waals surface area contributed by atoms with Crippen molar-refractivity contribution in [2.75, 3.05) is 10.5 Å². The first-order valence-corrected chi connectivity index (χ1v) is 15.4. The lowest BCUT2D eigenvalue weighted by molar-refractivity contribution is -0.245. The number of benzene rings is 4. The molecule has 212 valence electrons. The van der Waals surface area contributed by atoms with Gasteiger partial charge in [0.25, 0.3) is 10.0 Å². The Morgan fingerprint density at radius 3 is 2.34 bits per heavy atom. The fourth-order valence-electron chi connectivity index (χ4n) is 4.54. The van der Waals surface area contributed by atoms with Gasteiger partial charge in [-0.25, -0.2) is 13.2 Å². The van der Waals surface area contributed by atoms with Crippen LogP contribution in [0.4, 0.5) is 5.69 Å². The van der Waals surface area contributed by atoms with Gasteiger partial charge in [0.15, 0.2) is 6.29 Å². The number of nitrogens with one attached hydrogen (secondary N) is 1. The summed E-state index contributed by atoms with van der Waals surface area (Å²) in [6.07, 6.45) is -0.913. The molecular formula is C31H29NO7S2. The summed E-state index contributed by atoms with van der Waals surface area (Å²) in [5.41, 5.74) is 2.94. The number of carboxylic acid groups (broad SMARTS) is 1. The zero-order valence-electron chi connectivity index (χ0n) is 21.9. The predicted octanol–water partition coefficient (Wildman–Crippen LogP) is 6.02. The number of ether oxygens (including phenoxy) is 2. The number of aromatic carboxylic acids is 1. The lowest BCUT2D eigenvalue weighted by Crippen LogP contribution is -2.31. The van der Waals surface area contributed by atoms with Crippen LogP contribution in [0.3, 0.4) is 0 Å². The number of aliphatic hydroxyl groups excluding tert-OH is 1. The molecule has 3 unspecified atom stereocenters. The molecule has 3 N–H and O–H groups in total. The number of aliphatic hydroxyl groups is 1. The van der Waals surface area contributed by atoms with Gasteiger partial charge in [0.1, 0.15) is 0 Å². The van der Waals surface area contributed by atoms with Gasteiger partial charge in [0.05, 0.1) is 29.3 Å². The van der Waals surface area contributed by atoms with Gasteiger partial charge in [-0.3, -0.25) is 4.72 Å². The average molecular weight is 592 g/mol. The molecule has 10 heteroatoms. The molecule has 1 aliphatic rings. The Kier molecular flexibility index (Phi) is 9.06. The molecule has 0 saturated carbocycles. The summed E-state index contributed by atoms with van der Waals surface area (Å²) in [4.78, 5) is 12.5. The van der Waals surface area contributed by atoms with Crippen LogP contribution in [0.15, 0.2) is 113 Å². The van der Waals surface area contributed by atoms with E-state index in [-0.39, 0.29) is 29.3 Å². The fraction of sp³-hybridized carbons (Fsp3) is 0.194. The SMILES string of the molecule is O=C(O)c1ccccc1SCC1CC(c2ccc(CO)cc2)OC(c2cccc(NS(=O)(=O)c3ccccc3)c2)O1. The molecule has 4 aromatic carbocycles. The van der Waals surface area contributed by atoms with E-state index in [9.17, 15) is 23.4 Å². The van der Waals surface area contributed by atoms with Gasteiger partial charge in [0.2, 0.25) is 0 Å². The van der Waals surface area contributed by atoms with Crippen molar-refractivity contribution >= 4 is 33.4 Å². The molecule has 8 nitrogen and oxygen atoms in total. The Morgan fingerprint density at radius 2 is 1.61 bits per heavy atom. The van der Waals surface area contributed by atoms with Crippen molar-refractivity contribution < 1.29 is 32.9 Å². The second-order valence-electron chi connectivity index (χ2n) is 9.51. The van der Waals surface area contributed by atoms with Crippen molar-refractivity contribution in [2.24, 2.45) is 0 Å². The van der Waals surface area contributed by atoms with Crippen molar-refractivity contribution in [3.8, 4) is 0 Å². The highest BCUT2D eigenvalue weighted by atomic mass is 32.2. The first-order chi connectivity index (χ1) is 19.8. The Labute approximate surface area is 243 Å². The third-order valence-electron chi connectivity index (χ3n) is 6.62. The van der Waals surface area contributed by atoms with Crippen LogP contribution in [-0.2, 0) is 26.1 Å². The summed E-state index contributed by atoms with van der Waals surface area (Å²) >= 11 is 1.40. The summed E-state index contributed by atoms with van der Waals surface area (Å²) in [5.74, 6) is -0.508. The molecular weight excluding hydrogens is 562 g/mol. The summed E-state index contributed by atoms with van der Waals surface area (Å²) in [7, 11) is -3.79. The predicted molar refractivity (Wildman–Crippen MR) is 156 cm³/mol. The maximum atomic E-state index is 12.9. The van der Waals surface area contributed by atoms with E-state index in [1.165, 1.54) is 23.9 Å². The van der Waals surface area contributed by atoms with E-state index in [1.54, 1.807) is 60.7 Å². The van der Waals surface area contributed by atoms with Gasteiger partial charge in [0, 0.05) is 28.3 Å². The maximum Gasteiger partial charge on any atom is 0.336 e. The van der Waals surface area contributed by atoms with Crippen molar-refractivity contribution in [3.05, 3.63) is 125 Å². The molecule has 3 atom stereocenters. The summed E-state index contributed by atoms with van der Waals surface area (Å²) in [5, 5.41) is 19.0. The van der Waals surface area contributed by atoms with Crippen molar-refractivity contribution in [2.45, 2.75) is 41.3 Å². The number of hydrogen-bond acceptors (Lipinski definition) is 7. The van der Waals surface area contributed by atoms with Crippen molar-refractivity contribution in [1.82, 2.24) is 0 Å². The van der Waals surface area contributed by atoms with Crippen LogP contribution in [0.2, 0.25) is 0 Å². The second kappa shape index (κ2) is 12.9. The van der Waals surface area contributed by atoms with E-state index in [1.807, 2.05) is 30.3 Å². The van der Waals surface area contributed by atoms with Crippen LogP contribution in [-0.4, -0.2) is 36.5 Å². The Bertz CT molecular complexity index is 1590. The number of sulfonamides is 1. The minimum atomic E-state index is -3.79. The third-order valence-corrected chi connectivity index (χ3v) is 9.22. The fourth-order valence-corrected chi connectivity index (χ4v) is 6.67. The average Bonchev–Trinajstić information content (AvgIpc) is 3.00. The van der Waals surface area contributed by atoms with Crippen LogP contribution in [0.5, 0.6) is 0 Å². The summed E-state index contributed by atoms with van der Waals surface area (Å²) < 4.78 is 41.1. The molecule has 0 radical (unpaired) electrons. The highest BCUT2D eigenvalue weighted by molar-refractivity contribution is 7.99. The largest absolute Gasteiger partial charge is 0.478 e. The smallest absolute Gasteiger partial charge is 0.336 e. The van der Waals surface area contributed by atoms with Crippen LogP contribution >= 0.6 is 11.8 Å². The number of carboxylic acids is 1. The topological polar surface area (TPSA) is 122 Å². The van der Waals surface area contributed by atoms with E-state index in [0.29, 0.717) is 28.3 Å². The standard InChI is InChI=1S/C31H29NO7S2/c33-19-21-13-15-22(16-14-21)28-18-25(20-40-29-12-5-4-11-27(29)30(34)35)38-31(39-28)23-7-6-8-24(17-23)32-41(36,37)26-9-2-1-3-10-26/h1-17,25,28,31-33H,18-20H2,(H,34,35). The number of carbonyl (C=O) groups is 1. The zero-order chi connectivity index (χ0) is 28.8. The monoisotopic (exact) mass is 591 g/mol. The van der Waals surface area contributed by atoms with Crippen LogP contribution in [0.25, 0.3) is 0 Å². The van der Waals surface area contributed by atoms with E-state index in [2.05, 4.69) is 4.72 Å². The molecule has 4 aromatic rings. The molecule has 1 aliphatic heterocycles. The van der Waals surface area contributed by atoms with Gasteiger partial charge in [-0.15, -0.1) is 11.8 Å². The first-order valence-electron chi connectivity index (χ1n) is 13.0. The maximum absolute atomic E-state index is 12.9. The van der Waals surface area contributed by atoms with Crippen LogP contribution in [0.1, 0.15) is 45.9 Å².